The van der Waals surface area contributed by atoms with Gasteiger partial charge in [-0.05, 0) is 131 Å². The number of allylic oxidation sites excluding steroid dienone is 2. The third kappa shape index (κ3) is 12.4. The van der Waals surface area contributed by atoms with Gasteiger partial charge in [0.25, 0.3) is 0 Å². The normalized spacial score (nSPS) is 22.6. The number of benzene rings is 3. The number of esters is 1. The van der Waals surface area contributed by atoms with E-state index in [-0.39, 0.29) is 24.3 Å². The molecule has 58 heavy (non-hydrogen) atoms. The van der Waals surface area contributed by atoms with Crippen molar-refractivity contribution < 1.29 is 33.3 Å². The summed E-state index contributed by atoms with van der Waals surface area (Å²) in [5, 5.41) is 43.8. The maximum atomic E-state index is 13.1. The summed E-state index contributed by atoms with van der Waals surface area (Å²) in [6, 6.07) is 24.0. The predicted molar refractivity (Wildman–Crippen MR) is 229 cm³/mol. The van der Waals surface area contributed by atoms with E-state index in [4.69, 9.17) is 4.74 Å². The highest BCUT2D eigenvalue weighted by molar-refractivity contribution is 7.92. The molecular weight excluding hydrogens is 755 g/mol. The van der Waals surface area contributed by atoms with E-state index in [0.29, 0.717) is 57.2 Å². The van der Waals surface area contributed by atoms with Crippen LogP contribution in [0.25, 0.3) is 10.9 Å². The van der Waals surface area contributed by atoms with Crippen LogP contribution in [0.3, 0.4) is 0 Å². The molecule has 6 rings (SSSR count). The summed E-state index contributed by atoms with van der Waals surface area (Å²) >= 11 is 0. The van der Waals surface area contributed by atoms with Gasteiger partial charge in [-0.25, -0.2) is 12.7 Å². The molecule has 1 saturated heterocycles. The minimum Gasteiger partial charge on any atom is -0.441 e. The highest BCUT2D eigenvalue weighted by Gasteiger charge is 2.40. The van der Waals surface area contributed by atoms with E-state index in [1.165, 1.54) is 9.87 Å². The van der Waals surface area contributed by atoms with Crippen molar-refractivity contribution in [3.05, 3.63) is 102 Å². The fourth-order valence-electron chi connectivity index (χ4n) is 8.75. The van der Waals surface area contributed by atoms with E-state index < -0.39 is 40.5 Å². The highest BCUT2D eigenvalue weighted by Crippen LogP contribution is 2.38. The van der Waals surface area contributed by atoms with Crippen molar-refractivity contribution in [1.82, 2.24) is 15.1 Å². The Balaban J connectivity index is 0.936. The zero-order valence-corrected chi connectivity index (χ0v) is 34.6. The summed E-state index contributed by atoms with van der Waals surface area (Å²) in [5.74, 6) is -0.665. The molecular formula is C45H61N5O7S. The third-order valence-corrected chi connectivity index (χ3v) is 12.9. The van der Waals surface area contributed by atoms with Gasteiger partial charge < -0.3 is 25.4 Å². The van der Waals surface area contributed by atoms with Crippen LogP contribution in [0.2, 0.25) is 0 Å². The second kappa shape index (κ2) is 20.6. The number of nitrogens with one attached hydrogen (secondary N) is 2. The Morgan fingerprint density at radius 2 is 1.83 bits per heavy atom. The van der Waals surface area contributed by atoms with E-state index in [2.05, 4.69) is 44.7 Å². The Morgan fingerprint density at radius 3 is 2.64 bits per heavy atom. The molecule has 1 aliphatic carbocycles. The van der Waals surface area contributed by atoms with Gasteiger partial charge in [0.05, 0.1) is 42.0 Å². The molecule has 0 radical (unpaired) electrons. The molecule has 2 heterocycles. The average Bonchev–Trinajstić information content (AvgIpc) is 3.76. The maximum absolute atomic E-state index is 13.1. The zero-order valence-electron chi connectivity index (χ0n) is 33.8. The van der Waals surface area contributed by atoms with Gasteiger partial charge in [-0.1, -0.05) is 54.6 Å². The van der Waals surface area contributed by atoms with Gasteiger partial charge >= 0.3 is 5.97 Å². The van der Waals surface area contributed by atoms with Crippen LogP contribution in [-0.2, 0) is 32.5 Å². The number of anilines is 2. The summed E-state index contributed by atoms with van der Waals surface area (Å²) in [7, 11) is -3.78. The molecule has 314 valence electrons. The van der Waals surface area contributed by atoms with Crippen molar-refractivity contribution in [3.8, 4) is 0 Å². The Labute approximate surface area is 343 Å². The first-order valence-corrected chi connectivity index (χ1v) is 22.7. The van der Waals surface area contributed by atoms with Gasteiger partial charge in [0.1, 0.15) is 0 Å². The number of aliphatic hydroxyl groups excluding tert-OH is 3. The lowest BCUT2D eigenvalue weighted by Crippen LogP contribution is -2.42. The van der Waals surface area contributed by atoms with Crippen LogP contribution in [0, 0.1) is 11.8 Å². The van der Waals surface area contributed by atoms with Crippen LogP contribution in [0.1, 0.15) is 82.3 Å². The molecule has 1 aromatic heterocycles. The van der Waals surface area contributed by atoms with E-state index in [1.807, 2.05) is 60.8 Å². The maximum Gasteiger partial charge on any atom is 0.307 e. The predicted octanol–water partition coefficient (Wildman–Crippen LogP) is 6.54. The number of piperidine rings is 1. The molecule has 12 nitrogen and oxygen atoms in total. The molecule has 7 atom stereocenters. The number of carbonyl (C=O) groups excluding carboxylic acids is 1. The number of hydrogen-bond donors (Lipinski definition) is 5. The van der Waals surface area contributed by atoms with Gasteiger partial charge in [-0.3, -0.25) is 14.8 Å². The van der Waals surface area contributed by atoms with Gasteiger partial charge in [-0.15, -0.1) is 0 Å². The number of aryl methyl sites for hydroxylation is 1. The first kappa shape index (κ1) is 43.3. The van der Waals surface area contributed by atoms with Crippen molar-refractivity contribution in [3.63, 3.8) is 0 Å². The molecule has 0 spiro atoms. The lowest BCUT2D eigenvalue weighted by atomic mass is 9.85. The van der Waals surface area contributed by atoms with Gasteiger partial charge in [0, 0.05) is 36.6 Å². The van der Waals surface area contributed by atoms with Gasteiger partial charge in [0.2, 0.25) is 10.0 Å². The second-order valence-corrected chi connectivity index (χ2v) is 18.1. The summed E-state index contributed by atoms with van der Waals surface area (Å²) in [6.45, 7) is 4.02. The number of likely N-dealkylation sites (tertiary alicyclic amines) is 1. The smallest absolute Gasteiger partial charge is 0.307 e. The van der Waals surface area contributed by atoms with Crippen LogP contribution in [0.4, 0.5) is 11.4 Å². The fourth-order valence-corrected chi connectivity index (χ4v) is 9.83. The molecule has 2 aliphatic rings. The number of H-pyrrole nitrogens is 1. The number of aliphatic hydroxyl groups is 3. The number of aromatic amines is 1. The molecule has 13 heteroatoms. The molecule has 5 N–H and O–H groups in total. The van der Waals surface area contributed by atoms with Crippen LogP contribution >= 0.6 is 0 Å². The van der Waals surface area contributed by atoms with Crippen LogP contribution in [-0.4, -0.2) is 94.7 Å². The van der Waals surface area contributed by atoms with Crippen LogP contribution in [0.15, 0.2) is 91.1 Å². The molecule has 0 amide bonds. The van der Waals surface area contributed by atoms with Crippen molar-refractivity contribution in [2.75, 3.05) is 29.0 Å². The van der Waals surface area contributed by atoms with E-state index in [1.54, 1.807) is 13.0 Å². The summed E-state index contributed by atoms with van der Waals surface area (Å²) in [4.78, 5) is 15.3. The Kier molecular flexibility index (Phi) is 15.4. The lowest BCUT2D eigenvalue weighted by molar-refractivity contribution is -0.147. The Hall–Kier alpha value is -4.27. The first-order valence-electron chi connectivity index (χ1n) is 20.9. The quantitative estimate of drug-likeness (QED) is 0.0286. The standard InChI is InChI=1S/C45H61N5O7S/c1-32(57-45(54)18-9-4-3-8-17-40-41(44(53)28-43(40)52)23-22-39(51)21-19-33-12-6-5-7-13-33)50(58(2,55)56)38-16-10-14-34(26-38)30-49-25-11-15-37(31-49)47-36-20-24-42-35(27-36)29-46-48-42/h3,5-8,10,12-14,16,20,24,26-27,29,32,37,39-41,43-44,47,51-53H,4,9,11,15,17-19,21-23,25,28,30-31H2,1-2H3,(H,46,48). The van der Waals surface area contributed by atoms with Crippen molar-refractivity contribution >= 4 is 38.3 Å². The number of fused-ring (bicyclic) bond motifs is 1. The van der Waals surface area contributed by atoms with Crippen molar-refractivity contribution in [2.45, 2.75) is 115 Å². The fraction of sp³-hybridized carbons (Fsp3) is 0.511. The first-order chi connectivity index (χ1) is 27.9. The monoisotopic (exact) mass is 815 g/mol. The molecule has 1 aliphatic heterocycles. The number of sulfonamides is 1. The zero-order chi connectivity index (χ0) is 41.1. The van der Waals surface area contributed by atoms with Crippen molar-refractivity contribution in [2.24, 2.45) is 11.8 Å². The van der Waals surface area contributed by atoms with Gasteiger partial charge in [0.15, 0.2) is 6.23 Å². The van der Waals surface area contributed by atoms with E-state index in [9.17, 15) is 28.5 Å². The largest absolute Gasteiger partial charge is 0.441 e. The topological polar surface area (TPSA) is 168 Å². The SMILES string of the molecule is CC(OC(=O)CCCC=CCC1C(O)CC(O)C1CCC(O)CCc1ccccc1)N(c1cccc(CN2CCCC(Nc3ccc4[nH]ncc4c3)C2)c1)S(C)(=O)=O. The minimum absolute atomic E-state index is 0.0875. The van der Waals surface area contributed by atoms with Crippen molar-refractivity contribution in [1.29, 1.82) is 0 Å². The lowest BCUT2D eigenvalue weighted by Gasteiger charge is -2.34. The number of hydrogen-bond acceptors (Lipinski definition) is 10. The van der Waals surface area contributed by atoms with Crippen LogP contribution in [0.5, 0.6) is 0 Å². The average molecular weight is 816 g/mol. The molecule has 3 aromatic carbocycles. The second-order valence-electron chi connectivity index (χ2n) is 16.3. The minimum atomic E-state index is -3.78. The summed E-state index contributed by atoms with van der Waals surface area (Å²) < 4.78 is 33.0. The third-order valence-electron chi connectivity index (χ3n) is 11.7. The Morgan fingerprint density at radius 1 is 1.03 bits per heavy atom. The highest BCUT2D eigenvalue weighted by atomic mass is 32.2. The van der Waals surface area contributed by atoms with Crippen LogP contribution < -0.4 is 9.62 Å². The van der Waals surface area contributed by atoms with E-state index >= 15 is 0 Å². The number of carbonyl (C=O) groups is 1. The molecule has 7 unspecified atom stereocenters. The molecule has 0 bridgehead atoms. The number of aromatic nitrogens is 2. The molecule has 2 fully saturated rings. The number of unbranched alkanes of at least 4 members (excludes halogenated alkanes) is 1. The number of rotatable bonds is 20. The molecule has 4 aromatic rings. The summed E-state index contributed by atoms with van der Waals surface area (Å²) in [6.07, 6.45) is 11.2. The summed E-state index contributed by atoms with van der Waals surface area (Å²) in [5.41, 5.74) is 4.66. The Bertz CT molecular complexity index is 2040. The van der Waals surface area contributed by atoms with Gasteiger partial charge in [-0.2, -0.15) is 5.10 Å². The number of nitrogens with zero attached hydrogens (tertiary/aromatic N) is 3. The van der Waals surface area contributed by atoms with E-state index in [0.717, 1.165) is 60.8 Å². The number of ether oxygens (including phenoxy) is 1. The molecule has 1 saturated carbocycles.